The smallest absolute Gasteiger partial charge is 0.325 e. The molecule has 1 aliphatic heterocycles. The van der Waals surface area contributed by atoms with Gasteiger partial charge in [-0.15, -0.1) is 0 Å². The molecule has 1 unspecified atom stereocenters. The molecule has 2 heterocycles. The molecule has 3 N–H and O–H groups in total. The zero-order chi connectivity index (χ0) is 13.5. The van der Waals surface area contributed by atoms with Crippen molar-refractivity contribution in [2.24, 2.45) is 12.8 Å². The van der Waals surface area contributed by atoms with Crippen LogP contribution in [0.15, 0.2) is 11.0 Å². The lowest BCUT2D eigenvalue weighted by atomic mass is 10.0. The molecular formula is C10H13ClN4O3. The van der Waals surface area contributed by atoms with Crippen LogP contribution in [0.3, 0.4) is 0 Å². The number of nitrogens with zero attached hydrogens (tertiary/aromatic N) is 3. The van der Waals surface area contributed by atoms with Crippen LogP contribution in [0.25, 0.3) is 0 Å². The monoisotopic (exact) mass is 272 g/mol. The molecule has 1 aliphatic rings. The fourth-order valence-corrected chi connectivity index (χ4v) is 2.23. The zero-order valence-electron chi connectivity index (χ0n) is 9.76. The molecule has 1 fully saturated rings. The number of anilines is 1. The van der Waals surface area contributed by atoms with E-state index in [1.165, 1.54) is 13.2 Å². The number of aliphatic carboxylic acids is 1. The summed E-state index contributed by atoms with van der Waals surface area (Å²) in [6.07, 6.45) is 1.74. The number of hydrogen-bond donors (Lipinski definition) is 2. The minimum absolute atomic E-state index is 0.0298. The van der Waals surface area contributed by atoms with Crippen LogP contribution in [0.4, 0.5) is 5.69 Å². The Morgan fingerprint density at radius 1 is 1.67 bits per heavy atom. The van der Waals surface area contributed by atoms with Crippen LogP contribution >= 0.6 is 11.6 Å². The van der Waals surface area contributed by atoms with Gasteiger partial charge in [0.15, 0.2) is 0 Å². The molecule has 0 aliphatic carbocycles. The van der Waals surface area contributed by atoms with Crippen LogP contribution in [0, 0.1) is 0 Å². The molecule has 2 rings (SSSR count). The number of carboxylic acid groups (broad SMARTS) is 1. The summed E-state index contributed by atoms with van der Waals surface area (Å²) in [5, 5.41) is 12.9. The second-order valence-electron chi connectivity index (χ2n) is 4.41. The Balaban J connectivity index is 2.34. The minimum Gasteiger partial charge on any atom is -0.480 e. The predicted molar refractivity (Wildman–Crippen MR) is 65.9 cm³/mol. The molecule has 98 valence electrons. The lowest BCUT2D eigenvalue weighted by molar-refractivity contribution is -0.142. The molecule has 1 aromatic rings. The van der Waals surface area contributed by atoms with Crippen LogP contribution < -0.4 is 16.2 Å². The van der Waals surface area contributed by atoms with E-state index >= 15 is 0 Å². The maximum atomic E-state index is 11.6. The first-order valence-electron chi connectivity index (χ1n) is 5.34. The van der Waals surface area contributed by atoms with Gasteiger partial charge >= 0.3 is 5.97 Å². The molecule has 0 bridgehead atoms. The number of aromatic nitrogens is 2. The molecule has 0 aromatic carbocycles. The van der Waals surface area contributed by atoms with E-state index in [1.807, 2.05) is 0 Å². The Kier molecular flexibility index (Phi) is 3.04. The van der Waals surface area contributed by atoms with Crippen LogP contribution in [0.2, 0.25) is 5.02 Å². The molecule has 1 aromatic heterocycles. The zero-order valence-corrected chi connectivity index (χ0v) is 10.5. The van der Waals surface area contributed by atoms with Crippen LogP contribution in [0.1, 0.15) is 6.42 Å². The van der Waals surface area contributed by atoms with Crippen molar-refractivity contribution < 1.29 is 9.90 Å². The van der Waals surface area contributed by atoms with Gasteiger partial charge in [0.1, 0.15) is 10.6 Å². The highest BCUT2D eigenvalue weighted by Gasteiger charge is 2.42. The highest BCUT2D eigenvalue weighted by Crippen LogP contribution is 2.28. The third kappa shape index (κ3) is 1.95. The Hall–Kier alpha value is -1.60. The van der Waals surface area contributed by atoms with Gasteiger partial charge in [0.2, 0.25) is 0 Å². The largest absolute Gasteiger partial charge is 0.480 e. The molecule has 7 nitrogen and oxygen atoms in total. The van der Waals surface area contributed by atoms with Gasteiger partial charge in [-0.05, 0) is 6.42 Å². The Morgan fingerprint density at radius 3 is 2.89 bits per heavy atom. The number of nitrogens with two attached hydrogens (primary N) is 1. The lowest BCUT2D eigenvalue weighted by Crippen LogP contribution is -2.50. The number of halogens is 1. The molecule has 1 saturated heterocycles. The van der Waals surface area contributed by atoms with Crippen LogP contribution in [0.5, 0.6) is 0 Å². The summed E-state index contributed by atoms with van der Waals surface area (Å²) >= 11 is 5.95. The van der Waals surface area contributed by atoms with E-state index in [1.54, 1.807) is 4.90 Å². The highest BCUT2D eigenvalue weighted by atomic mass is 35.5. The summed E-state index contributed by atoms with van der Waals surface area (Å²) in [4.78, 5) is 24.3. The SMILES string of the molecule is Cn1ncc(N2CCC(N)(C(=O)O)C2)c(Cl)c1=O. The molecule has 1 atom stereocenters. The van der Waals surface area contributed by atoms with Gasteiger partial charge in [-0.3, -0.25) is 9.59 Å². The molecule has 0 saturated carbocycles. The number of carbonyl (C=O) groups is 1. The normalized spacial score (nSPS) is 23.4. The lowest BCUT2D eigenvalue weighted by Gasteiger charge is -2.22. The van der Waals surface area contributed by atoms with Gasteiger partial charge in [0, 0.05) is 20.1 Å². The van der Waals surface area contributed by atoms with E-state index in [0.29, 0.717) is 18.7 Å². The van der Waals surface area contributed by atoms with Gasteiger partial charge in [-0.25, -0.2) is 4.68 Å². The number of aryl methyl sites for hydroxylation is 1. The Bertz CT molecular complexity index is 559. The number of hydrogen-bond acceptors (Lipinski definition) is 5. The van der Waals surface area contributed by atoms with E-state index < -0.39 is 17.1 Å². The van der Waals surface area contributed by atoms with Crippen molar-refractivity contribution in [3.05, 3.63) is 21.6 Å². The number of rotatable bonds is 2. The van der Waals surface area contributed by atoms with Crippen molar-refractivity contribution in [1.82, 2.24) is 9.78 Å². The molecule has 0 radical (unpaired) electrons. The van der Waals surface area contributed by atoms with Crippen molar-refractivity contribution in [2.45, 2.75) is 12.0 Å². The predicted octanol–water partition coefficient (Wildman–Crippen LogP) is -0.574. The maximum Gasteiger partial charge on any atom is 0.325 e. The summed E-state index contributed by atoms with van der Waals surface area (Å²) in [6.45, 7) is 0.536. The van der Waals surface area contributed by atoms with E-state index in [0.717, 1.165) is 4.68 Å². The van der Waals surface area contributed by atoms with Crippen molar-refractivity contribution in [3.63, 3.8) is 0 Å². The van der Waals surface area contributed by atoms with Gasteiger partial charge in [0.25, 0.3) is 5.56 Å². The topological polar surface area (TPSA) is 101 Å². The first-order chi connectivity index (χ1) is 8.35. The summed E-state index contributed by atoms with van der Waals surface area (Å²) in [5.74, 6) is -1.06. The first-order valence-corrected chi connectivity index (χ1v) is 5.72. The van der Waals surface area contributed by atoms with E-state index in [9.17, 15) is 9.59 Å². The minimum atomic E-state index is -1.30. The standard InChI is InChI=1S/C10H13ClN4O3/c1-14-8(16)7(11)6(4-13-14)15-3-2-10(12,5-15)9(17)18/h4H,2-3,5,12H2,1H3,(H,17,18). The quantitative estimate of drug-likeness (QED) is 0.747. The molecule has 0 amide bonds. The van der Waals surface area contributed by atoms with Gasteiger partial charge < -0.3 is 15.7 Å². The van der Waals surface area contributed by atoms with Crippen LogP contribution in [-0.2, 0) is 11.8 Å². The average Bonchev–Trinajstić information content (AvgIpc) is 2.70. The van der Waals surface area contributed by atoms with Gasteiger partial charge in [-0.1, -0.05) is 11.6 Å². The Labute approximate surface area is 108 Å². The molecule has 0 spiro atoms. The summed E-state index contributed by atoms with van der Waals surface area (Å²) in [6, 6.07) is 0. The fraction of sp³-hybridized carbons (Fsp3) is 0.500. The summed E-state index contributed by atoms with van der Waals surface area (Å²) in [7, 11) is 1.49. The summed E-state index contributed by atoms with van der Waals surface area (Å²) < 4.78 is 1.12. The highest BCUT2D eigenvalue weighted by molar-refractivity contribution is 6.33. The van der Waals surface area contributed by atoms with E-state index in [4.69, 9.17) is 22.4 Å². The van der Waals surface area contributed by atoms with Crippen LogP contribution in [-0.4, -0.2) is 39.5 Å². The van der Waals surface area contributed by atoms with E-state index in [-0.39, 0.29) is 11.6 Å². The third-order valence-electron chi connectivity index (χ3n) is 3.13. The van der Waals surface area contributed by atoms with Crippen molar-refractivity contribution in [1.29, 1.82) is 0 Å². The average molecular weight is 273 g/mol. The van der Waals surface area contributed by atoms with Crippen molar-refractivity contribution >= 4 is 23.3 Å². The molecule has 18 heavy (non-hydrogen) atoms. The summed E-state index contributed by atoms with van der Waals surface area (Å²) in [5.41, 5.74) is 4.47. The van der Waals surface area contributed by atoms with Gasteiger partial charge in [0.05, 0.1) is 11.9 Å². The maximum absolute atomic E-state index is 11.6. The first kappa shape index (κ1) is 12.8. The van der Waals surface area contributed by atoms with Crippen molar-refractivity contribution in [3.8, 4) is 0 Å². The number of carboxylic acids is 1. The fourth-order valence-electron chi connectivity index (χ4n) is 1.94. The molecular weight excluding hydrogens is 260 g/mol. The van der Waals surface area contributed by atoms with Gasteiger partial charge in [-0.2, -0.15) is 5.10 Å². The second kappa shape index (κ2) is 4.25. The Morgan fingerprint density at radius 2 is 2.33 bits per heavy atom. The van der Waals surface area contributed by atoms with Crippen molar-refractivity contribution in [2.75, 3.05) is 18.0 Å². The molecule has 8 heteroatoms. The van der Waals surface area contributed by atoms with E-state index in [2.05, 4.69) is 5.10 Å². The second-order valence-corrected chi connectivity index (χ2v) is 4.78. The third-order valence-corrected chi connectivity index (χ3v) is 3.48.